The molecule has 5 heteroatoms. The van der Waals surface area contributed by atoms with Gasteiger partial charge in [0.2, 0.25) is 11.8 Å². The molecule has 2 rings (SSSR count). The summed E-state index contributed by atoms with van der Waals surface area (Å²) >= 11 is 0. The number of carbonyl (C=O) groups is 2. The number of hydrogen-bond acceptors (Lipinski definition) is 3. The molecule has 1 radical (unpaired) electrons. The number of hydrogen-bond donors (Lipinski definition) is 1. The van der Waals surface area contributed by atoms with E-state index >= 15 is 0 Å². The van der Waals surface area contributed by atoms with E-state index in [9.17, 15) is 9.59 Å². The fraction of sp³-hybridized carbons (Fsp3) is 0.588. The SMILES string of the molecule is C/C=C\C1=C(C)[CH-]CN1C1CCC(=O)NC1=O.CC.CC.[Re]. The minimum absolute atomic E-state index is 0. The summed E-state index contributed by atoms with van der Waals surface area (Å²) in [7, 11) is 0. The predicted octanol–water partition coefficient (Wildman–Crippen LogP) is 3.21. The first kappa shape index (κ1) is 23.2. The smallest absolute Gasteiger partial charge is 0.247 e. The molecule has 1 unspecified atom stereocenters. The van der Waals surface area contributed by atoms with Crippen LogP contribution >= 0.6 is 0 Å². The standard InChI is InChI=1S/C13H17N2O2.2C2H6.Re/c1-3-4-10-9(2)7-8-15(10)11-5-6-12(16)14-13(11)17;2*1-2;/h3-4,7,11H,5-6,8H2,1-2H3,(H,14,16,17);2*1-2H3;/q-1;;;/b4-3-;;;. The van der Waals surface area contributed by atoms with E-state index in [0.29, 0.717) is 12.8 Å². The van der Waals surface area contributed by atoms with Crippen molar-refractivity contribution in [2.24, 2.45) is 0 Å². The molecule has 1 atom stereocenters. The van der Waals surface area contributed by atoms with E-state index in [0.717, 1.165) is 12.2 Å². The fourth-order valence-corrected chi connectivity index (χ4v) is 2.32. The van der Waals surface area contributed by atoms with Crippen LogP contribution in [0.3, 0.4) is 0 Å². The van der Waals surface area contributed by atoms with Gasteiger partial charge in [0, 0.05) is 26.8 Å². The van der Waals surface area contributed by atoms with Gasteiger partial charge in [-0.1, -0.05) is 34.6 Å². The average molecular weight is 480 g/mol. The van der Waals surface area contributed by atoms with Crippen LogP contribution in [0.4, 0.5) is 0 Å². The second-order valence-electron chi connectivity index (χ2n) is 4.39. The van der Waals surface area contributed by atoms with Crippen molar-refractivity contribution in [3.05, 3.63) is 29.8 Å². The van der Waals surface area contributed by atoms with Crippen LogP contribution in [0.2, 0.25) is 0 Å². The number of rotatable bonds is 2. The minimum atomic E-state index is -0.215. The van der Waals surface area contributed by atoms with Crippen molar-refractivity contribution >= 4 is 11.8 Å². The molecule has 2 aliphatic heterocycles. The summed E-state index contributed by atoms with van der Waals surface area (Å²) in [6, 6.07) is -0.215. The number of nitrogens with one attached hydrogen (secondary N) is 1. The molecule has 0 spiro atoms. The number of amides is 2. The van der Waals surface area contributed by atoms with Gasteiger partial charge in [-0.15, -0.1) is 17.8 Å². The van der Waals surface area contributed by atoms with Crippen molar-refractivity contribution in [1.29, 1.82) is 0 Å². The van der Waals surface area contributed by atoms with Gasteiger partial charge in [-0.05, 0) is 19.9 Å². The van der Waals surface area contributed by atoms with E-state index in [4.69, 9.17) is 0 Å². The Labute approximate surface area is 149 Å². The van der Waals surface area contributed by atoms with Crippen LogP contribution in [-0.4, -0.2) is 29.3 Å². The van der Waals surface area contributed by atoms with E-state index in [2.05, 4.69) is 16.6 Å². The molecule has 2 heterocycles. The largest absolute Gasteiger partial charge is 0.450 e. The molecule has 127 valence electrons. The number of nitrogens with zero attached hydrogens (tertiary/aromatic N) is 1. The summed E-state index contributed by atoms with van der Waals surface area (Å²) in [5, 5.41) is 2.40. The third-order valence-electron chi connectivity index (χ3n) is 3.22. The molecule has 2 amide bonds. The normalized spacial score (nSPS) is 20.3. The summed E-state index contributed by atoms with van der Waals surface area (Å²) in [4.78, 5) is 25.0. The van der Waals surface area contributed by atoms with Crippen LogP contribution in [-0.2, 0) is 30.0 Å². The van der Waals surface area contributed by atoms with Crippen LogP contribution in [0, 0.1) is 6.42 Å². The third kappa shape index (κ3) is 5.98. The Bertz CT molecular complexity index is 417. The van der Waals surface area contributed by atoms with Crippen molar-refractivity contribution < 1.29 is 30.0 Å². The van der Waals surface area contributed by atoms with Crippen LogP contribution in [0.1, 0.15) is 54.4 Å². The minimum Gasteiger partial charge on any atom is -0.450 e. The maximum atomic E-state index is 11.8. The molecule has 2 aliphatic rings. The van der Waals surface area contributed by atoms with Crippen molar-refractivity contribution in [3.63, 3.8) is 0 Å². The van der Waals surface area contributed by atoms with Crippen molar-refractivity contribution in [1.82, 2.24) is 10.2 Å². The monoisotopic (exact) mass is 480 g/mol. The van der Waals surface area contributed by atoms with E-state index < -0.39 is 0 Å². The first-order valence-electron chi connectivity index (χ1n) is 7.90. The van der Waals surface area contributed by atoms with Crippen LogP contribution < -0.4 is 5.32 Å². The van der Waals surface area contributed by atoms with Gasteiger partial charge in [-0.3, -0.25) is 14.9 Å². The molecule has 1 saturated heterocycles. The molecule has 0 saturated carbocycles. The molecule has 0 bridgehead atoms. The zero-order chi connectivity index (χ0) is 16.4. The summed E-state index contributed by atoms with van der Waals surface area (Å²) in [5.41, 5.74) is 2.27. The van der Waals surface area contributed by atoms with Crippen LogP contribution in [0.5, 0.6) is 0 Å². The van der Waals surface area contributed by atoms with E-state index in [1.807, 2.05) is 53.7 Å². The van der Waals surface area contributed by atoms with Gasteiger partial charge < -0.3 is 4.90 Å². The maximum Gasteiger partial charge on any atom is 0.247 e. The number of piperidine rings is 1. The average Bonchev–Trinajstić information content (AvgIpc) is 2.85. The predicted molar refractivity (Wildman–Crippen MR) is 87.4 cm³/mol. The first-order chi connectivity index (χ1) is 10.1. The Morgan fingerprint density at radius 2 is 1.82 bits per heavy atom. The van der Waals surface area contributed by atoms with E-state index in [-0.39, 0.29) is 38.3 Å². The van der Waals surface area contributed by atoms with Gasteiger partial charge in [0.15, 0.2) is 0 Å². The Morgan fingerprint density at radius 1 is 1.23 bits per heavy atom. The Hall–Kier alpha value is -1.05. The van der Waals surface area contributed by atoms with Crippen LogP contribution in [0.25, 0.3) is 0 Å². The molecule has 1 fully saturated rings. The van der Waals surface area contributed by atoms with Crippen molar-refractivity contribution in [3.8, 4) is 0 Å². The van der Waals surface area contributed by atoms with Gasteiger partial charge in [0.25, 0.3) is 0 Å². The molecule has 1 N–H and O–H groups in total. The van der Waals surface area contributed by atoms with Gasteiger partial charge in [-0.2, -0.15) is 5.57 Å². The van der Waals surface area contributed by atoms with Gasteiger partial charge in [0.05, 0.1) is 6.04 Å². The summed E-state index contributed by atoms with van der Waals surface area (Å²) in [6.07, 6.45) is 7.13. The zero-order valence-corrected chi connectivity index (χ0v) is 17.3. The molecule has 0 aliphatic carbocycles. The molecular weight excluding hydrogens is 450 g/mol. The van der Waals surface area contributed by atoms with Gasteiger partial charge in [0.1, 0.15) is 0 Å². The number of allylic oxidation sites excluding steroid dienone is 2. The summed E-state index contributed by atoms with van der Waals surface area (Å²) < 4.78 is 0. The Kier molecular flexibility index (Phi) is 13.2. The molecule has 22 heavy (non-hydrogen) atoms. The van der Waals surface area contributed by atoms with Crippen molar-refractivity contribution in [2.75, 3.05) is 6.54 Å². The molecule has 0 aromatic carbocycles. The Morgan fingerprint density at radius 3 is 2.32 bits per heavy atom. The van der Waals surface area contributed by atoms with Gasteiger partial charge >= 0.3 is 0 Å². The molecule has 0 aromatic heterocycles. The van der Waals surface area contributed by atoms with Crippen molar-refractivity contribution in [2.45, 2.75) is 60.4 Å². The fourth-order valence-electron chi connectivity index (χ4n) is 2.32. The molecule has 0 aromatic rings. The summed E-state index contributed by atoms with van der Waals surface area (Å²) in [6.45, 7) is 12.8. The second-order valence-corrected chi connectivity index (χ2v) is 4.39. The maximum absolute atomic E-state index is 11.8. The number of carbonyl (C=O) groups excluding carboxylic acids is 2. The van der Waals surface area contributed by atoms with E-state index in [1.165, 1.54) is 5.57 Å². The van der Waals surface area contributed by atoms with E-state index in [1.54, 1.807) is 0 Å². The second kappa shape index (κ2) is 12.5. The molecular formula is C17H29N2O2Re-. The number of imide groups is 1. The first-order valence-corrected chi connectivity index (χ1v) is 7.90. The van der Waals surface area contributed by atoms with Gasteiger partial charge in [-0.25, -0.2) is 6.42 Å². The zero-order valence-electron chi connectivity index (χ0n) is 14.6. The topological polar surface area (TPSA) is 49.4 Å². The Balaban J connectivity index is 0. The molecule has 4 nitrogen and oxygen atoms in total. The quantitative estimate of drug-likeness (QED) is 0.489. The third-order valence-corrected chi connectivity index (χ3v) is 3.22. The van der Waals surface area contributed by atoms with Crippen LogP contribution in [0.15, 0.2) is 23.4 Å². The summed E-state index contributed by atoms with van der Waals surface area (Å²) in [5.74, 6) is -0.339.